The predicted molar refractivity (Wildman–Crippen MR) is 56.8 cm³/mol. The summed E-state index contributed by atoms with van der Waals surface area (Å²) < 4.78 is 10.5. The Balaban J connectivity index is 3.28. The van der Waals surface area contributed by atoms with E-state index in [1.165, 1.54) is 5.56 Å². The molecule has 0 fully saturated rings. The third kappa shape index (κ3) is 1.82. The van der Waals surface area contributed by atoms with Crippen LogP contribution >= 0.6 is 0 Å². The number of methoxy groups -OCH3 is 2. The van der Waals surface area contributed by atoms with Crippen LogP contribution in [0.4, 0.5) is 0 Å². The molecule has 0 radical (unpaired) electrons. The molecule has 1 aromatic rings. The Bertz CT molecular complexity index is 279. The second kappa shape index (κ2) is 4.86. The van der Waals surface area contributed by atoms with Crippen LogP contribution in [0.5, 0.6) is 11.5 Å². The summed E-state index contributed by atoms with van der Waals surface area (Å²) >= 11 is 0. The lowest BCUT2D eigenvalue weighted by Gasteiger charge is -2.14. The Morgan fingerprint density at radius 3 is 2.36 bits per heavy atom. The zero-order valence-electron chi connectivity index (χ0n) is 8.96. The molecular formula is C11H17NO2. The van der Waals surface area contributed by atoms with E-state index in [9.17, 15) is 0 Å². The molecular weight excluding hydrogens is 178 g/mol. The van der Waals surface area contributed by atoms with Gasteiger partial charge in [0.05, 0.1) is 14.2 Å². The van der Waals surface area contributed by atoms with Crippen LogP contribution < -0.4 is 15.2 Å². The fourth-order valence-electron chi connectivity index (χ4n) is 1.59. The molecule has 0 saturated heterocycles. The second-order valence-electron chi connectivity index (χ2n) is 3.00. The van der Waals surface area contributed by atoms with Crippen molar-refractivity contribution in [3.63, 3.8) is 0 Å². The molecule has 0 amide bonds. The summed E-state index contributed by atoms with van der Waals surface area (Å²) in [6.45, 7) is 2.57. The summed E-state index contributed by atoms with van der Waals surface area (Å²) in [5.74, 6) is 1.50. The number of nitrogens with two attached hydrogens (primary N) is 1. The molecule has 3 heteroatoms. The molecule has 1 rings (SSSR count). The minimum Gasteiger partial charge on any atom is -0.493 e. The van der Waals surface area contributed by atoms with Crippen LogP contribution in [0.1, 0.15) is 18.1 Å². The quantitative estimate of drug-likeness (QED) is 0.795. The summed E-state index contributed by atoms with van der Waals surface area (Å²) in [6, 6.07) is 3.94. The van der Waals surface area contributed by atoms with Crippen LogP contribution in [0, 0.1) is 0 Å². The maximum atomic E-state index is 5.69. The van der Waals surface area contributed by atoms with Crippen LogP contribution in [-0.2, 0) is 13.0 Å². The summed E-state index contributed by atoms with van der Waals surface area (Å²) in [7, 11) is 3.26. The maximum Gasteiger partial charge on any atom is 0.165 e. The lowest BCUT2D eigenvalue weighted by atomic mass is 10.0. The zero-order valence-corrected chi connectivity index (χ0v) is 8.96. The average Bonchev–Trinajstić information content (AvgIpc) is 2.26. The topological polar surface area (TPSA) is 44.5 Å². The first-order valence-corrected chi connectivity index (χ1v) is 4.71. The van der Waals surface area contributed by atoms with Crippen molar-refractivity contribution in [3.8, 4) is 11.5 Å². The van der Waals surface area contributed by atoms with E-state index in [2.05, 4.69) is 6.92 Å². The van der Waals surface area contributed by atoms with Gasteiger partial charge in [-0.3, -0.25) is 0 Å². The van der Waals surface area contributed by atoms with Crippen LogP contribution in [0.15, 0.2) is 12.1 Å². The Kier molecular flexibility index (Phi) is 3.77. The standard InChI is InChI=1S/C11H17NO2/c1-4-8-5-6-10(13-2)11(14-3)9(8)7-12/h5-6H,4,7,12H2,1-3H3. The number of ether oxygens (including phenoxy) is 2. The fourth-order valence-corrected chi connectivity index (χ4v) is 1.59. The predicted octanol–water partition coefficient (Wildman–Crippen LogP) is 1.72. The highest BCUT2D eigenvalue weighted by atomic mass is 16.5. The van der Waals surface area contributed by atoms with E-state index in [1.54, 1.807) is 14.2 Å². The van der Waals surface area contributed by atoms with Crippen molar-refractivity contribution >= 4 is 0 Å². The summed E-state index contributed by atoms with van der Waals surface area (Å²) in [5, 5.41) is 0. The van der Waals surface area contributed by atoms with Crippen molar-refractivity contribution in [2.45, 2.75) is 19.9 Å². The molecule has 0 aliphatic carbocycles. The molecule has 0 spiro atoms. The first kappa shape index (κ1) is 10.9. The monoisotopic (exact) mass is 195 g/mol. The van der Waals surface area contributed by atoms with Gasteiger partial charge >= 0.3 is 0 Å². The van der Waals surface area contributed by atoms with Crippen molar-refractivity contribution in [2.75, 3.05) is 14.2 Å². The molecule has 0 aliphatic heterocycles. The van der Waals surface area contributed by atoms with Crippen LogP contribution in [0.3, 0.4) is 0 Å². The van der Waals surface area contributed by atoms with E-state index in [0.29, 0.717) is 6.54 Å². The van der Waals surface area contributed by atoms with Gasteiger partial charge in [0, 0.05) is 12.1 Å². The summed E-state index contributed by atoms with van der Waals surface area (Å²) in [6.07, 6.45) is 0.951. The van der Waals surface area contributed by atoms with E-state index in [4.69, 9.17) is 15.2 Å². The molecule has 1 aromatic carbocycles. The Labute approximate surface area is 84.8 Å². The van der Waals surface area contributed by atoms with Crippen molar-refractivity contribution in [1.82, 2.24) is 0 Å². The van der Waals surface area contributed by atoms with Crippen LogP contribution in [0.25, 0.3) is 0 Å². The van der Waals surface area contributed by atoms with Crippen molar-refractivity contribution < 1.29 is 9.47 Å². The summed E-state index contributed by atoms with van der Waals surface area (Å²) in [4.78, 5) is 0. The van der Waals surface area contributed by atoms with Gasteiger partial charge in [-0.2, -0.15) is 0 Å². The van der Waals surface area contributed by atoms with E-state index in [0.717, 1.165) is 23.5 Å². The Morgan fingerprint density at radius 1 is 1.21 bits per heavy atom. The van der Waals surface area contributed by atoms with Crippen molar-refractivity contribution in [2.24, 2.45) is 5.73 Å². The van der Waals surface area contributed by atoms with E-state index >= 15 is 0 Å². The molecule has 2 N–H and O–H groups in total. The Hall–Kier alpha value is -1.22. The molecule has 0 saturated carbocycles. The molecule has 0 heterocycles. The van der Waals surface area contributed by atoms with Crippen molar-refractivity contribution in [3.05, 3.63) is 23.3 Å². The zero-order chi connectivity index (χ0) is 10.6. The van der Waals surface area contributed by atoms with Gasteiger partial charge in [-0.25, -0.2) is 0 Å². The van der Waals surface area contributed by atoms with Crippen LogP contribution in [-0.4, -0.2) is 14.2 Å². The maximum absolute atomic E-state index is 5.69. The fraction of sp³-hybridized carbons (Fsp3) is 0.455. The Morgan fingerprint density at radius 2 is 1.93 bits per heavy atom. The van der Waals surface area contributed by atoms with E-state index in [-0.39, 0.29) is 0 Å². The van der Waals surface area contributed by atoms with Gasteiger partial charge in [0.15, 0.2) is 11.5 Å². The third-order valence-corrected chi connectivity index (χ3v) is 2.33. The van der Waals surface area contributed by atoms with Gasteiger partial charge in [0.25, 0.3) is 0 Å². The SMILES string of the molecule is CCc1ccc(OC)c(OC)c1CN. The average molecular weight is 195 g/mol. The van der Waals surface area contributed by atoms with Gasteiger partial charge in [-0.15, -0.1) is 0 Å². The molecule has 14 heavy (non-hydrogen) atoms. The van der Waals surface area contributed by atoms with E-state index < -0.39 is 0 Å². The van der Waals surface area contributed by atoms with Crippen molar-refractivity contribution in [1.29, 1.82) is 0 Å². The second-order valence-corrected chi connectivity index (χ2v) is 3.00. The number of aryl methyl sites for hydroxylation is 1. The third-order valence-electron chi connectivity index (χ3n) is 2.33. The van der Waals surface area contributed by atoms with Gasteiger partial charge in [0.1, 0.15) is 0 Å². The number of hydrogen-bond donors (Lipinski definition) is 1. The van der Waals surface area contributed by atoms with E-state index in [1.807, 2.05) is 12.1 Å². The number of benzene rings is 1. The normalized spacial score (nSPS) is 10.0. The van der Waals surface area contributed by atoms with Gasteiger partial charge in [-0.1, -0.05) is 13.0 Å². The molecule has 0 aliphatic rings. The minimum absolute atomic E-state index is 0.476. The highest BCUT2D eigenvalue weighted by Gasteiger charge is 2.11. The first-order valence-electron chi connectivity index (χ1n) is 4.71. The summed E-state index contributed by atoms with van der Waals surface area (Å²) in [5.41, 5.74) is 7.94. The molecule has 0 unspecified atom stereocenters. The van der Waals surface area contributed by atoms with Gasteiger partial charge in [-0.05, 0) is 18.1 Å². The largest absolute Gasteiger partial charge is 0.493 e. The molecule has 0 bridgehead atoms. The lowest BCUT2D eigenvalue weighted by Crippen LogP contribution is -2.05. The highest BCUT2D eigenvalue weighted by Crippen LogP contribution is 2.33. The molecule has 3 nitrogen and oxygen atoms in total. The van der Waals surface area contributed by atoms with Gasteiger partial charge in [0.2, 0.25) is 0 Å². The van der Waals surface area contributed by atoms with Crippen LogP contribution in [0.2, 0.25) is 0 Å². The smallest absolute Gasteiger partial charge is 0.165 e. The first-order chi connectivity index (χ1) is 6.78. The molecule has 78 valence electrons. The highest BCUT2D eigenvalue weighted by molar-refractivity contribution is 5.50. The molecule has 0 atom stereocenters. The number of hydrogen-bond acceptors (Lipinski definition) is 3. The van der Waals surface area contributed by atoms with Gasteiger partial charge < -0.3 is 15.2 Å². The molecule has 0 aromatic heterocycles. The number of rotatable bonds is 4. The lowest BCUT2D eigenvalue weighted by molar-refractivity contribution is 0.351. The minimum atomic E-state index is 0.476.